The van der Waals surface area contributed by atoms with Gasteiger partial charge >= 0.3 is 0 Å². The number of ether oxygens (including phenoxy) is 2. The zero-order chi connectivity index (χ0) is 23.2. The van der Waals surface area contributed by atoms with Crippen LogP contribution in [0, 0.1) is 5.92 Å². The number of amides is 1. The van der Waals surface area contributed by atoms with Crippen molar-refractivity contribution in [3.8, 4) is 11.5 Å². The van der Waals surface area contributed by atoms with E-state index in [1.807, 2.05) is 48.5 Å². The molecule has 4 rings (SSSR count). The number of hydrogen-bond acceptors (Lipinski definition) is 5. The molecule has 1 aliphatic heterocycles. The number of pyridine rings is 1. The van der Waals surface area contributed by atoms with Crippen LogP contribution in [0.4, 0.5) is 5.69 Å². The van der Waals surface area contributed by atoms with Gasteiger partial charge in [-0.3, -0.25) is 9.78 Å². The van der Waals surface area contributed by atoms with Crippen molar-refractivity contribution in [3.63, 3.8) is 0 Å². The first-order valence-corrected chi connectivity index (χ1v) is 10.8. The number of methoxy groups -OCH3 is 1. The highest BCUT2D eigenvalue weighted by molar-refractivity contribution is 7.80. The van der Waals surface area contributed by atoms with Crippen molar-refractivity contribution in [1.29, 1.82) is 0 Å². The van der Waals surface area contributed by atoms with Crippen LogP contribution in [0.15, 0.2) is 85.3 Å². The van der Waals surface area contributed by atoms with Crippen molar-refractivity contribution in [2.24, 2.45) is 5.92 Å². The number of nitrogens with one attached hydrogen (secondary N) is 3. The molecule has 1 aliphatic rings. The van der Waals surface area contributed by atoms with Crippen molar-refractivity contribution in [2.45, 2.75) is 12.6 Å². The Balaban J connectivity index is 1.58. The van der Waals surface area contributed by atoms with Gasteiger partial charge in [0.1, 0.15) is 12.5 Å². The molecule has 0 aliphatic carbocycles. The van der Waals surface area contributed by atoms with E-state index in [9.17, 15) is 4.79 Å². The number of anilines is 1. The predicted molar refractivity (Wildman–Crippen MR) is 131 cm³/mol. The lowest BCUT2D eigenvalue weighted by Gasteiger charge is -2.35. The molecule has 0 spiro atoms. The molecule has 2 aromatic carbocycles. The van der Waals surface area contributed by atoms with Gasteiger partial charge in [-0.1, -0.05) is 43.0 Å². The third-order valence-corrected chi connectivity index (χ3v) is 5.48. The Hall–Kier alpha value is -3.91. The van der Waals surface area contributed by atoms with Crippen molar-refractivity contribution in [3.05, 3.63) is 96.5 Å². The largest absolute Gasteiger partial charge is 0.493 e. The van der Waals surface area contributed by atoms with Crippen molar-refractivity contribution in [2.75, 3.05) is 12.4 Å². The summed E-state index contributed by atoms with van der Waals surface area (Å²) in [5.41, 5.74) is 2.98. The summed E-state index contributed by atoms with van der Waals surface area (Å²) in [6.45, 7) is 4.45. The molecule has 3 aromatic rings. The summed E-state index contributed by atoms with van der Waals surface area (Å²) >= 11 is 5.33. The van der Waals surface area contributed by atoms with Crippen molar-refractivity contribution in [1.82, 2.24) is 15.6 Å². The summed E-state index contributed by atoms with van der Waals surface area (Å²) in [6.07, 6.45) is 3.24. The molecule has 7 nitrogen and oxygen atoms in total. The van der Waals surface area contributed by atoms with Gasteiger partial charge < -0.3 is 25.4 Å². The summed E-state index contributed by atoms with van der Waals surface area (Å²) in [6, 6.07) is 18.6. The van der Waals surface area contributed by atoms with Gasteiger partial charge in [0, 0.05) is 11.9 Å². The number of thiocarbonyl (C=S) groups is 1. The smallest absolute Gasteiger partial charge is 0.235 e. The van der Waals surface area contributed by atoms with Crippen LogP contribution in [0.2, 0.25) is 0 Å². The molecule has 2 heterocycles. The zero-order valence-corrected chi connectivity index (χ0v) is 18.9. The van der Waals surface area contributed by atoms with Crippen molar-refractivity contribution < 1.29 is 14.3 Å². The molecule has 1 fully saturated rings. The zero-order valence-electron chi connectivity index (χ0n) is 18.1. The predicted octanol–water partition coefficient (Wildman–Crippen LogP) is 3.96. The fourth-order valence-electron chi connectivity index (χ4n) is 3.66. The molecule has 0 bridgehead atoms. The molecule has 0 saturated carbocycles. The van der Waals surface area contributed by atoms with E-state index in [2.05, 4.69) is 27.5 Å². The van der Waals surface area contributed by atoms with Gasteiger partial charge in [-0.15, -0.1) is 0 Å². The Bertz CT molecular complexity index is 1150. The van der Waals surface area contributed by atoms with Crippen LogP contribution in [-0.2, 0) is 11.4 Å². The first-order valence-electron chi connectivity index (χ1n) is 10.4. The van der Waals surface area contributed by atoms with Gasteiger partial charge in [0.2, 0.25) is 5.91 Å². The highest BCUT2D eigenvalue weighted by atomic mass is 32.1. The highest BCUT2D eigenvalue weighted by Gasteiger charge is 2.37. The fraction of sp³-hybridized carbons (Fsp3) is 0.160. The maximum Gasteiger partial charge on any atom is 0.235 e. The van der Waals surface area contributed by atoms with Crippen LogP contribution >= 0.6 is 12.2 Å². The van der Waals surface area contributed by atoms with E-state index in [1.165, 1.54) is 0 Å². The molecule has 1 amide bonds. The molecule has 2 unspecified atom stereocenters. The molecule has 33 heavy (non-hydrogen) atoms. The van der Waals surface area contributed by atoms with Gasteiger partial charge in [-0.05, 0) is 47.6 Å². The van der Waals surface area contributed by atoms with E-state index < -0.39 is 12.0 Å². The monoisotopic (exact) mass is 460 g/mol. The number of nitrogens with zero attached hydrogens (tertiary/aromatic N) is 1. The van der Waals surface area contributed by atoms with Crippen molar-refractivity contribution >= 4 is 28.9 Å². The normalized spacial score (nSPS) is 17.5. The summed E-state index contributed by atoms with van der Waals surface area (Å²) in [4.78, 5) is 17.2. The van der Waals surface area contributed by atoms with Gasteiger partial charge in [-0.2, -0.15) is 0 Å². The van der Waals surface area contributed by atoms with E-state index in [4.69, 9.17) is 21.7 Å². The Morgan fingerprint density at radius 1 is 1.15 bits per heavy atom. The average Bonchev–Trinajstić information content (AvgIpc) is 2.83. The van der Waals surface area contributed by atoms with Crippen LogP contribution in [0.1, 0.15) is 17.2 Å². The lowest BCUT2D eigenvalue weighted by atomic mass is 9.88. The number of aromatic nitrogens is 1. The maximum atomic E-state index is 13.2. The highest BCUT2D eigenvalue weighted by Crippen LogP contribution is 2.36. The van der Waals surface area contributed by atoms with E-state index in [-0.39, 0.29) is 5.91 Å². The number of benzene rings is 2. The topological polar surface area (TPSA) is 84.5 Å². The second-order valence-corrected chi connectivity index (χ2v) is 7.90. The van der Waals surface area contributed by atoms with E-state index in [0.717, 1.165) is 11.1 Å². The lowest BCUT2D eigenvalue weighted by molar-refractivity contribution is -0.119. The van der Waals surface area contributed by atoms with Crippen LogP contribution in [0.25, 0.3) is 0 Å². The number of carbonyl (C=O) groups is 1. The molecule has 8 heteroatoms. The Morgan fingerprint density at radius 2 is 1.97 bits per heavy atom. The lowest BCUT2D eigenvalue weighted by Crippen LogP contribution is -2.51. The fourth-order valence-corrected chi connectivity index (χ4v) is 3.92. The molecule has 1 saturated heterocycles. The first kappa shape index (κ1) is 22.3. The molecule has 1 aromatic heterocycles. The molecule has 168 valence electrons. The minimum absolute atomic E-state index is 0.233. The van der Waals surface area contributed by atoms with Gasteiger partial charge in [-0.25, -0.2) is 0 Å². The second-order valence-electron chi connectivity index (χ2n) is 7.49. The quantitative estimate of drug-likeness (QED) is 0.460. The third-order valence-electron chi connectivity index (χ3n) is 5.26. The summed E-state index contributed by atoms with van der Waals surface area (Å²) < 4.78 is 11.5. The number of rotatable bonds is 7. The molecular weight excluding hydrogens is 436 g/mol. The van der Waals surface area contributed by atoms with Gasteiger partial charge in [0.15, 0.2) is 16.6 Å². The Morgan fingerprint density at radius 3 is 2.70 bits per heavy atom. The van der Waals surface area contributed by atoms with Gasteiger partial charge in [0.05, 0.1) is 25.0 Å². The molecule has 3 N–H and O–H groups in total. The number of hydrogen-bond donors (Lipinski definition) is 3. The second kappa shape index (κ2) is 10.1. The molecular formula is C25H24N4O3S. The molecule has 0 radical (unpaired) electrons. The minimum Gasteiger partial charge on any atom is -0.493 e. The van der Waals surface area contributed by atoms with Crippen LogP contribution in [0.3, 0.4) is 0 Å². The Kier molecular flexibility index (Phi) is 6.85. The van der Waals surface area contributed by atoms with E-state index >= 15 is 0 Å². The average molecular weight is 461 g/mol. The number of carbonyl (C=O) groups excluding carboxylic acids is 1. The van der Waals surface area contributed by atoms with E-state index in [1.54, 1.807) is 31.6 Å². The summed E-state index contributed by atoms with van der Waals surface area (Å²) in [5.74, 6) is 0.310. The summed E-state index contributed by atoms with van der Waals surface area (Å²) in [7, 11) is 1.58. The maximum absolute atomic E-state index is 13.2. The molecule has 2 atom stereocenters. The standard InChI is InChI=1S/C25H24N4O3S/c1-16-22(24(30)28-19-9-6-12-26-14-19)23(29-25(33)27-16)18-10-11-20(21(13-18)31-2)32-15-17-7-4-3-5-8-17/h3-14,22-23H,1,15H2,2H3,(H,28,30)(H2,27,29,33). The summed E-state index contributed by atoms with van der Waals surface area (Å²) in [5, 5.41) is 9.46. The SMILES string of the molecule is C=C1NC(=S)NC(c2ccc(OCc3ccccc3)c(OC)c2)C1C(=O)Nc1cccnc1. The van der Waals surface area contributed by atoms with Crippen LogP contribution < -0.4 is 25.4 Å². The van der Waals surface area contributed by atoms with E-state index in [0.29, 0.717) is 34.6 Å². The van der Waals surface area contributed by atoms with Crippen LogP contribution in [0.5, 0.6) is 11.5 Å². The Labute approximate surface area is 197 Å². The van der Waals surface area contributed by atoms with Crippen LogP contribution in [-0.4, -0.2) is 23.1 Å². The minimum atomic E-state index is -0.627. The van der Waals surface area contributed by atoms with Gasteiger partial charge in [0.25, 0.3) is 0 Å². The first-order chi connectivity index (χ1) is 16.0. The third kappa shape index (κ3) is 5.30.